The minimum Gasteiger partial charge on any atom is -0.306 e. The van der Waals surface area contributed by atoms with E-state index in [1.807, 2.05) is 0 Å². The maximum Gasteiger partial charge on any atom is 0.0325 e. The fourth-order valence-corrected chi connectivity index (χ4v) is 1.90. The molecule has 0 saturated carbocycles. The number of rotatable bonds is 6. The molecule has 0 bridgehead atoms. The van der Waals surface area contributed by atoms with Gasteiger partial charge in [-0.25, -0.2) is 0 Å². The van der Waals surface area contributed by atoms with Gasteiger partial charge in [0.15, 0.2) is 0 Å². The molecule has 1 unspecified atom stereocenters. The van der Waals surface area contributed by atoms with E-state index in [2.05, 4.69) is 69.4 Å². The average Bonchev–Trinajstić information content (AvgIpc) is 2.28. The van der Waals surface area contributed by atoms with E-state index in [0.29, 0.717) is 12.0 Å². The molecule has 0 saturated heterocycles. The summed E-state index contributed by atoms with van der Waals surface area (Å²) in [5.41, 5.74) is 2.76. The number of allylic oxidation sites excluding steroid dienone is 1. The van der Waals surface area contributed by atoms with Crippen LogP contribution >= 0.6 is 0 Å². The molecule has 17 heavy (non-hydrogen) atoms. The molecule has 1 N–H and O–H groups in total. The first-order chi connectivity index (χ1) is 8.09. The number of benzene rings is 1. The third-order valence-corrected chi connectivity index (χ3v) is 2.78. The SMILES string of the molecule is CC(C)=CCNC(CC(C)C)c1ccccc1. The van der Waals surface area contributed by atoms with E-state index in [1.54, 1.807) is 0 Å². The molecule has 1 aromatic carbocycles. The zero-order valence-electron chi connectivity index (χ0n) is 11.5. The largest absolute Gasteiger partial charge is 0.306 e. The lowest BCUT2D eigenvalue weighted by molar-refractivity contribution is 0.444. The van der Waals surface area contributed by atoms with Gasteiger partial charge in [-0.05, 0) is 31.7 Å². The summed E-state index contributed by atoms with van der Waals surface area (Å²) in [5.74, 6) is 0.708. The third-order valence-electron chi connectivity index (χ3n) is 2.78. The van der Waals surface area contributed by atoms with Crippen molar-refractivity contribution in [2.45, 2.75) is 40.2 Å². The number of nitrogens with one attached hydrogen (secondary N) is 1. The molecule has 0 amide bonds. The highest BCUT2D eigenvalue weighted by Crippen LogP contribution is 2.20. The first-order valence-electron chi connectivity index (χ1n) is 6.51. The minimum atomic E-state index is 0.465. The van der Waals surface area contributed by atoms with Crippen molar-refractivity contribution in [2.75, 3.05) is 6.54 Å². The molecule has 0 aromatic heterocycles. The van der Waals surface area contributed by atoms with E-state index in [9.17, 15) is 0 Å². The van der Waals surface area contributed by atoms with Crippen LogP contribution in [-0.4, -0.2) is 6.54 Å². The van der Waals surface area contributed by atoms with Gasteiger partial charge in [0.1, 0.15) is 0 Å². The van der Waals surface area contributed by atoms with Gasteiger partial charge >= 0.3 is 0 Å². The van der Waals surface area contributed by atoms with E-state index in [0.717, 1.165) is 6.54 Å². The van der Waals surface area contributed by atoms with Crippen LogP contribution in [0.15, 0.2) is 42.0 Å². The molecule has 1 aromatic rings. The summed E-state index contributed by atoms with van der Waals surface area (Å²) in [5, 5.41) is 3.62. The Labute approximate surface area is 106 Å². The monoisotopic (exact) mass is 231 g/mol. The Morgan fingerprint density at radius 3 is 2.35 bits per heavy atom. The predicted molar refractivity (Wildman–Crippen MR) is 76.1 cm³/mol. The highest BCUT2D eigenvalue weighted by molar-refractivity contribution is 5.19. The Kier molecular flexibility index (Phi) is 5.99. The topological polar surface area (TPSA) is 12.0 Å². The Morgan fingerprint density at radius 1 is 1.18 bits per heavy atom. The van der Waals surface area contributed by atoms with Crippen LogP contribution < -0.4 is 5.32 Å². The quantitative estimate of drug-likeness (QED) is 0.719. The molecule has 0 aliphatic heterocycles. The van der Waals surface area contributed by atoms with Crippen LogP contribution in [0.2, 0.25) is 0 Å². The van der Waals surface area contributed by atoms with Crippen LogP contribution in [0.25, 0.3) is 0 Å². The first-order valence-corrected chi connectivity index (χ1v) is 6.51. The second kappa shape index (κ2) is 7.29. The summed E-state index contributed by atoms with van der Waals surface area (Å²) in [6.07, 6.45) is 3.43. The predicted octanol–water partition coefficient (Wildman–Crippen LogP) is 4.33. The Bertz CT molecular complexity index is 334. The van der Waals surface area contributed by atoms with E-state index in [1.165, 1.54) is 17.6 Å². The molecule has 0 spiro atoms. The summed E-state index contributed by atoms with van der Waals surface area (Å²) >= 11 is 0. The van der Waals surface area contributed by atoms with E-state index >= 15 is 0 Å². The fraction of sp³-hybridized carbons (Fsp3) is 0.500. The van der Waals surface area contributed by atoms with Gasteiger partial charge in [0.25, 0.3) is 0 Å². The number of hydrogen-bond acceptors (Lipinski definition) is 1. The highest BCUT2D eigenvalue weighted by atomic mass is 14.9. The summed E-state index contributed by atoms with van der Waals surface area (Å²) < 4.78 is 0. The first kappa shape index (κ1) is 14.0. The van der Waals surface area contributed by atoms with Crippen molar-refractivity contribution in [3.63, 3.8) is 0 Å². The van der Waals surface area contributed by atoms with Crippen LogP contribution in [-0.2, 0) is 0 Å². The summed E-state index contributed by atoms with van der Waals surface area (Å²) in [4.78, 5) is 0. The molecule has 94 valence electrons. The summed E-state index contributed by atoms with van der Waals surface area (Å²) in [7, 11) is 0. The van der Waals surface area contributed by atoms with Crippen LogP contribution in [0.3, 0.4) is 0 Å². The molecule has 0 fully saturated rings. The molecule has 1 nitrogen and oxygen atoms in total. The van der Waals surface area contributed by atoms with Gasteiger partial charge in [-0.2, -0.15) is 0 Å². The smallest absolute Gasteiger partial charge is 0.0325 e. The molecule has 0 radical (unpaired) electrons. The lowest BCUT2D eigenvalue weighted by atomic mass is 9.97. The normalized spacial score (nSPS) is 12.5. The zero-order valence-corrected chi connectivity index (χ0v) is 11.5. The highest BCUT2D eigenvalue weighted by Gasteiger charge is 2.11. The van der Waals surface area contributed by atoms with Crippen molar-refractivity contribution >= 4 is 0 Å². The van der Waals surface area contributed by atoms with Crippen molar-refractivity contribution in [3.8, 4) is 0 Å². The van der Waals surface area contributed by atoms with Crippen LogP contribution in [0, 0.1) is 5.92 Å². The van der Waals surface area contributed by atoms with Gasteiger partial charge in [0.05, 0.1) is 0 Å². The van der Waals surface area contributed by atoms with Crippen molar-refractivity contribution < 1.29 is 0 Å². The summed E-state index contributed by atoms with van der Waals surface area (Å²) in [6.45, 7) is 9.79. The second-order valence-electron chi connectivity index (χ2n) is 5.28. The standard InChI is InChI=1S/C16H25N/c1-13(2)10-11-17-16(12-14(3)4)15-8-6-5-7-9-15/h5-10,14,16-17H,11-12H2,1-4H3. The Hall–Kier alpha value is -1.08. The molecular weight excluding hydrogens is 206 g/mol. The van der Waals surface area contributed by atoms with Gasteiger partial charge in [0.2, 0.25) is 0 Å². The maximum atomic E-state index is 3.62. The number of hydrogen-bond donors (Lipinski definition) is 1. The van der Waals surface area contributed by atoms with Crippen molar-refractivity contribution in [1.29, 1.82) is 0 Å². The van der Waals surface area contributed by atoms with Crippen LogP contribution in [0.5, 0.6) is 0 Å². The average molecular weight is 231 g/mol. The fourth-order valence-electron chi connectivity index (χ4n) is 1.90. The second-order valence-corrected chi connectivity index (χ2v) is 5.28. The molecule has 1 heteroatoms. The van der Waals surface area contributed by atoms with E-state index in [-0.39, 0.29) is 0 Å². The van der Waals surface area contributed by atoms with Gasteiger partial charge in [-0.1, -0.05) is 55.8 Å². The Morgan fingerprint density at radius 2 is 1.82 bits per heavy atom. The molecule has 0 aliphatic rings. The zero-order chi connectivity index (χ0) is 12.7. The molecule has 1 atom stereocenters. The third kappa shape index (κ3) is 5.69. The van der Waals surface area contributed by atoms with E-state index in [4.69, 9.17) is 0 Å². The molecule has 0 aliphatic carbocycles. The van der Waals surface area contributed by atoms with Crippen molar-refractivity contribution in [1.82, 2.24) is 5.32 Å². The van der Waals surface area contributed by atoms with Gasteiger partial charge in [-0.3, -0.25) is 0 Å². The van der Waals surface area contributed by atoms with Gasteiger partial charge in [-0.15, -0.1) is 0 Å². The Balaban J connectivity index is 2.64. The lowest BCUT2D eigenvalue weighted by Gasteiger charge is -2.20. The van der Waals surface area contributed by atoms with Crippen molar-refractivity contribution in [3.05, 3.63) is 47.5 Å². The molecular formula is C16H25N. The minimum absolute atomic E-state index is 0.465. The lowest BCUT2D eigenvalue weighted by Crippen LogP contribution is -2.23. The van der Waals surface area contributed by atoms with Gasteiger partial charge in [0, 0.05) is 12.6 Å². The maximum absolute atomic E-state index is 3.62. The van der Waals surface area contributed by atoms with Gasteiger partial charge < -0.3 is 5.32 Å². The van der Waals surface area contributed by atoms with Crippen LogP contribution in [0.4, 0.5) is 0 Å². The van der Waals surface area contributed by atoms with E-state index < -0.39 is 0 Å². The summed E-state index contributed by atoms with van der Waals surface area (Å²) in [6, 6.07) is 11.2. The molecule has 1 rings (SSSR count). The van der Waals surface area contributed by atoms with Crippen molar-refractivity contribution in [2.24, 2.45) is 5.92 Å². The molecule has 0 heterocycles. The van der Waals surface area contributed by atoms with Crippen LogP contribution in [0.1, 0.15) is 45.7 Å².